The molecule has 2 aliphatic rings. The van der Waals surface area contributed by atoms with E-state index in [1.807, 2.05) is 18.2 Å². The maximum atomic E-state index is 12.9. The van der Waals surface area contributed by atoms with Crippen LogP contribution in [0.15, 0.2) is 24.4 Å². The molecule has 2 fully saturated rings. The number of hydrogen-bond donors (Lipinski definition) is 2. The van der Waals surface area contributed by atoms with Crippen molar-refractivity contribution in [2.24, 2.45) is 11.3 Å². The molecule has 1 spiro atoms. The van der Waals surface area contributed by atoms with E-state index in [0.29, 0.717) is 31.7 Å². The molecule has 7 heteroatoms. The Hall–Kier alpha value is -2.44. The number of carbonyl (C=O) groups excluding carboxylic acids is 3. The van der Waals surface area contributed by atoms with Crippen LogP contribution in [0.4, 0.5) is 4.79 Å². The van der Waals surface area contributed by atoms with E-state index in [-0.39, 0.29) is 23.8 Å². The van der Waals surface area contributed by atoms with Crippen molar-refractivity contribution in [2.75, 3.05) is 13.1 Å². The Balaban J connectivity index is 1.52. The van der Waals surface area contributed by atoms with E-state index >= 15 is 0 Å². The Morgan fingerprint density at radius 3 is 2.61 bits per heavy atom. The third-order valence-electron chi connectivity index (χ3n) is 6.04. The number of aromatic nitrogens is 1. The number of rotatable bonds is 5. The number of nitrogens with zero attached hydrogens (tertiary/aromatic N) is 2. The van der Waals surface area contributed by atoms with Gasteiger partial charge in [-0.25, -0.2) is 4.79 Å². The fraction of sp³-hybridized carbons (Fsp3) is 0.619. The zero-order chi connectivity index (χ0) is 20.4. The van der Waals surface area contributed by atoms with Gasteiger partial charge in [-0.1, -0.05) is 26.8 Å². The summed E-state index contributed by atoms with van der Waals surface area (Å²) in [6.45, 7) is 6.82. The first kappa shape index (κ1) is 20.3. The number of carbonyl (C=O) groups is 3. The van der Waals surface area contributed by atoms with E-state index in [1.165, 1.54) is 0 Å². The Morgan fingerprint density at radius 2 is 2.00 bits per heavy atom. The summed E-state index contributed by atoms with van der Waals surface area (Å²) in [7, 11) is 0. The van der Waals surface area contributed by atoms with Gasteiger partial charge in [0.1, 0.15) is 12.1 Å². The van der Waals surface area contributed by atoms with Crippen molar-refractivity contribution in [3.05, 3.63) is 30.1 Å². The van der Waals surface area contributed by atoms with Crippen molar-refractivity contribution in [3.8, 4) is 0 Å². The maximum Gasteiger partial charge on any atom is 0.325 e. The van der Waals surface area contributed by atoms with E-state index in [9.17, 15) is 14.4 Å². The molecule has 1 aromatic rings. The molecule has 28 heavy (non-hydrogen) atoms. The molecule has 1 aliphatic heterocycles. The Bertz CT molecular complexity index is 734. The summed E-state index contributed by atoms with van der Waals surface area (Å²) in [5.41, 5.74) is 0.250. The topological polar surface area (TPSA) is 91.4 Å². The maximum absolute atomic E-state index is 12.9. The van der Waals surface area contributed by atoms with Crippen molar-refractivity contribution in [2.45, 2.75) is 58.4 Å². The van der Waals surface area contributed by atoms with Crippen LogP contribution in [0.5, 0.6) is 0 Å². The van der Waals surface area contributed by atoms with Crippen LogP contribution in [0.25, 0.3) is 0 Å². The number of urea groups is 1. The molecule has 0 bridgehead atoms. The van der Waals surface area contributed by atoms with Crippen molar-refractivity contribution < 1.29 is 14.4 Å². The van der Waals surface area contributed by atoms with Crippen molar-refractivity contribution in [3.63, 3.8) is 0 Å². The van der Waals surface area contributed by atoms with Gasteiger partial charge in [-0.3, -0.25) is 19.5 Å². The lowest BCUT2D eigenvalue weighted by molar-refractivity contribution is -0.136. The molecule has 0 radical (unpaired) electrons. The van der Waals surface area contributed by atoms with Crippen LogP contribution in [-0.2, 0) is 16.0 Å². The zero-order valence-electron chi connectivity index (χ0n) is 17.0. The van der Waals surface area contributed by atoms with Gasteiger partial charge >= 0.3 is 6.03 Å². The average Bonchev–Trinajstić information content (AvgIpc) is 2.86. The molecule has 0 aromatic carbocycles. The van der Waals surface area contributed by atoms with Gasteiger partial charge in [-0.15, -0.1) is 0 Å². The standard InChI is InChI=1S/C21H30N4O3/c1-20(2,3)15-7-10-21(11-8-15)18(27)25(19(28)24-21)14-17(26)23-13-9-16-6-4-5-12-22-16/h4-6,12,15H,7-11,13-14H2,1-3H3,(H,23,26)(H,24,28). The molecule has 2 N–H and O–H groups in total. The van der Waals surface area contributed by atoms with Gasteiger partial charge in [-0.2, -0.15) is 0 Å². The third-order valence-corrected chi connectivity index (χ3v) is 6.04. The lowest BCUT2D eigenvalue weighted by atomic mass is 9.67. The molecule has 3 rings (SSSR count). The van der Waals surface area contributed by atoms with Crippen LogP contribution in [0.1, 0.15) is 52.1 Å². The highest BCUT2D eigenvalue weighted by atomic mass is 16.2. The monoisotopic (exact) mass is 386 g/mol. The Labute approximate surface area is 166 Å². The van der Waals surface area contributed by atoms with Crippen LogP contribution >= 0.6 is 0 Å². The first-order valence-corrected chi connectivity index (χ1v) is 10.0. The summed E-state index contributed by atoms with van der Waals surface area (Å²) in [6.07, 6.45) is 5.39. The predicted octanol–water partition coefficient (Wildman–Crippen LogP) is 2.27. The van der Waals surface area contributed by atoms with E-state index in [0.717, 1.165) is 23.4 Å². The quantitative estimate of drug-likeness (QED) is 0.760. The van der Waals surface area contributed by atoms with E-state index < -0.39 is 11.6 Å². The molecular formula is C21H30N4O3. The van der Waals surface area contributed by atoms with Gasteiger partial charge in [-0.05, 0) is 49.1 Å². The number of imide groups is 1. The summed E-state index contributed by atoms with van der Waals surface area (Å²) in [4.78, 5) is 42.8. The first-order chi connectivity index (χ1) is 13.2. The number of hydrogen-bond acceptors (Lipinski definition) is 4. The van der Waals surface area contributed by atoms with E-state index in [4.69, 9.17) is 0 Å². The van der Waals surface area contributed by atoms with Gasteiger partial charge in [0, 0.05) is 24.9 Å². The number of pyridine rings is 1. The van der Waals surface area contributed by atoms with E-state index in [1.54, 1.807) is 6.20 Å². The van der Waals surface area contributed by atoms with Crippen LogP contribution in [0.3, 0.4) is 0 Å². The summed E-state index contributed by atoms with van der Waals surface area (Å²) in [6, 6.07) is 5.16. The highest BCUT2D eigenvalue weighted by Gasteiger charge is 2.53. The average molecular weight is 386 g/mol. The normalized spacial score (nSPS) is 25.1. The first-order valence-electron chi connectivity index (χ1n) is 10.0. The molecule has 4 amide bonds. The minimum atomic E-state index is -0.826. The molecule has 0 unspecified atom stereocenters. The second-order valence-corrected chi connectivity index (χ2v) is 8.96. The highest BCUT2D eigenvalue weighted by molar-refractivity contribution is 6.09. The van der Waals surface area contributed by atoms with Gasteiger partial charge in [0.25, 0.3) is 5.91 Å². The van der Waals surface area contributed by atoms with Crippen molar-refractivity contribution in [1.82, 2.24) is 20.5 Å². The fourth-order valence-corrected chi connectivity index (χ4v) is 4.21. The minimum Gasteiger partial charge on any atom is -0.354 e. The van der Waals surface area contributed by atoms with Crippen LogP contribution < -0.4 is 10.6 Å². The fourth-order valence-electron chi connectivity index (χ4n) is 4.21. The Morgan fingerprint density at radius 1 is 1.29 bits per heavy atom. The summed E-state index contributed by atoms with van der Waals surface area (Å²) < 4.78 is 0. The molecule has 0 atom stereocenters. The second kappa shape index (κ2) is 7.89. The summed E-state index contributed by atoms with van der Waals surface area (Å²) >= 11 is 0. The highest BCUT2D eigenvalue weighted by Crippen LogP contribution is 2.43. The SMILES string of the molecule is CC(C)(C)C1CCC2(CC1)NC(=O)N(CC(=O)NCCc1ccccn1)C2=O. The predicted molar refractivity (Wildman–Crippen MR) is 105 cm³/mol. The molecular weight excluding hydrogens is 356 g/mol. The molecule has 1 saturated carbocycles. The van der Waals surface area contributed by atoms with Crippen LogP contribution in [-0.4, -0.2) is 46.4 Å². The zero-order valence-corrected chi connectivity index (χ0v) is 17.0. The molecule has 1 aromatic heterocycles. The Kier molecular flexibility index (Phi) is 5.72. The smallest absolute Gasteiger partial charge is 0.325 e. The molecule has 7 nitrogen and oxygen atoms in total. The van der Waals surface area contributed by atoms with Crippen molar-refractivity contribution >= 4 is 17.8 Å². The minimum absolute atomic E-state index is 0.195. The van der Waals surface area contributed by atoms with E-state index in [2.05, 4.69) is 36.4 Å². The van der Waals surface area contributed by atoms with Gasteiger partial charge in [0.15, 0.2) is 0 Å². The van der Waals surface area contributed by atoms with Crippen LogP contribution in [0, 0.1) is 11.3 Å². The second-order valence-electron chi connectivity index (χ2n) is 8.96. The molecule has 152 valence electrons. The summed E-state index contributed by atoms with van der Waals surface area (Å²) in [5, 5.41) is 5.64. The van der Waals surface area contributed by atoms with Gasteiger partial charge < -0.3 is 10.6 Å². The molecule has 1 saturated heterocycles. The number of amides is 4. The third kappa shape index (κ3) is 4.34. The lowest BCUT2D eigenvalue weighted by Crippen LogP contribution is -2.51. The van der Waals surface area contributed by atoms with Crippen LogP contribution in [0.2, 0.25) is 0 Å². The van der Waals surface area contributed by atoms with Crippen molar-refractivity contribution in [1.29, 1.82) is 0 Å². The number of nitrogens with one attached hydrogen (secondary N) is 2. The lowest BCUT2D eigenvalue weighted by Gasteiger charge is -2.40. The molecule has 2 heterocycles. The van der Waals surface area contributed by atoms with Gasteiger partial charge in [0.2, 0.25) is 5.91 Å². The molecule has 1 aliphatic carbocycles. The van der Waals surface area contributed by atoms with Gasteiger partial charge in [0.05, 0.1) is 0 Å². The largest absolute Gasteiger partial charge is 0.354 e. The summed E-state index contributed by atoms with van der Waals surface area (Å²) in [5.74, 6) is -0.0589.